The molecule has 6 nitrogen and oxygen atoms in total. The van der Waals surface area contributed by atoms with E-state index < -0.39 is 0 Å². The Morgan fingerprint density at radius 3 is 2.76 bits per heavy atom. The molecule has 0 amide bonds. The quantitative estimate of drug-likeness (QED) is 0.610. The standard InChI is InChI=1S/C19H18N4O2/c24-14-5-7-22(8-6-14)19-12-20-11-18-21-10-15(23(18)19)17-9-13-3-1-2-4-16(13)25-17/h1-4,9-12,14,24H,5-8H2. The van der Waals surface area contributed by atoms with Gasteiger partial charge < -0.3 is 14.4 Å². The van der Waals surface area contributed by atoms with Crippen molar-refractivity contribution >= 4 is 22.4 Å². The Kier molecular flexibility index (Phi) is 3.24. The van der Waals surface area contributed by atoms with Gasteiger partial charge in [-0.25, -0.2) is 4.98 Å². The van der Waals surface area contributed by atoms with E-state index in [2.05, 4.69) is 19.3 Å². The zero-order chi connectivity index (χ0) is 16.8. The van der Waals surface area contributed by atoms with Crippen LogP contribution < -0.4 is 4.90 Å². The van der Waals surface area contributed by atoms with Gasteiger partial charge in [0.1, 0.15) is 17.1 Å². The van der Waals surface area contributed by atoms with Gasteiger partial charge in [-0.3, -0.25) is 9.38 Å². The van der Waals surface area contributed by atoms with Crippen LogP contribution in [0.25, 0.3) is 28.1 Å². The molecule has 0 spiro atoms. The molecule has 4 aromatic rings. The lowest BCUT2D eigenvalue weighted by Gasteiger charge is -2.31. The molecule has 1 fully saturated rings. The molecule has 0 bridgehead atoms. The monoisotopic (exact) mass is 334 g/mol. The fraction of sp³-hybridized carbons (Fsp3) is 0.263. The molecule has 25 heavy (non-hydrogen) atoms. The predicted molar refractivity (Wildman–Crippen MR) is 95.6 cm³/mol. The fourth-order valence-electron chi connectivity index (χ4n) is 3.53. The summed E-state index contributed by atoms with van der Waals surface area (Å²) in [5.41, 5.74) is 2.57. The van der Waals surface area contributed by atoms with Gasteiger partial charge in [-0.1, -0.05) is 18.2 Å². The smallest absolute Gasteiger partial charge is 0.157 e. The number of nitrogens with zero attached hydrogens (tertiary/aromatic N) is 4. The van der Waals surface area contributed by atoms with Crippen molar-refractivity contribution in [3.63, 3.8) is 0 Å². The molecular weight excluding hydrogens is 316 g/mol. The Labute approximate surface area is 144 Å². The lowest BCUT2D eigenvalue weighted by atomic mass is 10.1. The van der Waals surface area contributed by atoms with E-state index in [1.54, 1.807) is 6.20 Å². The van der Waals surface area contributed by atoms with Gasteiger partial charge in [-0.15, -0.1) is 0 Å². The molecule has 6 heteroatoms. The van der Waals surface area contributed by atoms with Crippen LogP contribution in [0.15, 0.2) is 53.3 Å². The minimum atomic E-state index is -0.207. The highest BCUT2D eigenvalue weighted by Gasteiger charge is 2.21. The van der Waals surface area contributed by atoms with Crippen LogP contribution >= 0.6 is 0 Å². The van der Waals surface area contributed by atoms with Crippen LogP contribution in [0, 0.1) is 0 Å². The molecule has 0 atom stereocenters. The van der Waals surface area contributed by atoms with Crippen LogP contribution in [0.3, 0.4) is 0 Å². The van der Waals surface area contributed by atoms with Crippen molar-refractivity contribution in [1.29, 1.82) is 0 Å². The van der Waals surface area contributed by atoms with Gasteiger partial charge in [0.05, 0.1) is 24.7 Å². The zero-order valence-electron chi connectivity index (χ0n) is 13.7. The molecule has 5 rings (SSSR count). The highest BCUT2D eigenvalue weighted by Crippen LogP contribution is 2.31. The molecular formula is C19H18N4O2. The van der Waals surface area contributed by atoms with E-state index in [9.17, 15) is 5.11 Å². The molecule has 1 N–H and O–H groups in total. The first kappa shape index (κ1) is 14.5. The summed E-state index contributed by atoms with van der Waals surface area (Å²) in [7, 11) is 0. The first-order chi connectivity index (χ1) is 12.3. The van der Waals surface area contributed by atoms with E-state index in [0.29, 0.717) is 0 Å². The number of fused-ring (bicyclic) bond motifs is 2. The summed E-state index contributed by atoms with van der Waals surface area (Å²) in [6.07, 6.45) is 6.78. The number of furan rings is 1. The van der Waals surface area contributed by atoms with Crippen LogP contribution in [-0.4, -0.2) is 38.7 Å². The molecule has 0 aliphatic carbocycles. The SMILES string of the molecule is OC1CCN(c2cncc3ncc(-c4cc5ccccc5o4)n23)CC1. The average Bonchev–Trinajstić information content (AvgIpc) is 3.26. The van der Waals surface area contributed by atoms with Crippen LogP contribution in [0.2, 0.25) is 0 Å². The number of aliphatic hydroxyl groups excluding tert-OH is 1. The van der Waals surface area contributed by atoms with Gasteiger partial charge in [0.15, 0.2) is 11.4 Å². The number of aromatic nitrogens is 3. The van der Waals surface area contributed by atoms with Crippen molar-refractivity contribution in [1.82, 2.24) is 14.4 Å². The van der Waals surface area contributed by atoms with Crippen molar-refractivity contribution < 1.29 is 9.52 Å². The van der Waals surface area contributed by atoms with Crippen molar-refractivity contribution in [3.05, 3.63) is 48.9 Å². The first-order valence-electron chi connectivity index (χ1n) is 8.53. The summed E-state index contributed by atoms with van der Waals surface area (Å²) in [6, 6.07) is 10.0. The molecule has 1 aromatic carbocycles. The molecule has 0 radical (unpaired) electrons. The van der Waals surface area contributed by atoms with E-state index in [1.807, 2.05) is 42.7 Å². The minimum absolute atomic E-state index is 0.207. The number of para-hydroxylation sites is 1. The number of hydrogen-bond acceptors (Lipinski definition) is 5. The molecule has 1 aliphatic heterocycles. The van der Waals surface area contributed by atoms with Crippen LogP contribution in [0.4, 0.5) is 5.82 Å². The number of hydrogen-bond donors (Lipinski definition) is 1. The Hall–Kier alpha value is -2.86. The second kappa shape index (κ2) is 5.60. The number of aliphatic hydroxyl groups is 1. The maximum atomic E-state index is 9.78. The summed E-state index contributed by atoms with van der Waals surface area (Å²) in [5.74, 6) is 1.77. The van der Waals surface area contributed by atoms with Gasteiger partial charge in [0.2, 0.25) is 0 Å². The van der Waals surface area contributed by atoms with Gasteiger partial charge in [0.25, 0.3) is 0 Å². The largest absolute Gasteiger partial charge is 0.454 e. The number of rotatable bonds is 2. The first-order valence-corrected chi connectivity index (χ1v) is 8.53. The van der Waals surface area contributed by atoms with Crippen LogP contribution in [-0.2, 0) is 0 Å². The molecule has 0 saturated carbocycles. The van der Waals surface area contributed by atoms with Crippen molar-refractivity contribution in [3.8, 4) is 11.5 Å². The van der Waals surface area contributed by atoms with Gasteiger partial charge >= 0.3 is 0 Å². The summed E-state index contributed by atoms with van der Waals surface area (Å²) in [4.78, 5) is 11.1. The van der Waals surface area contributed by atoms with Gasteiger partial charge in [0, 0.05) is 18.5 Å². The number of imidazole rings is 1. The molecule has 1 aliphatic rings. The second-order valence-electron chi connectivity index (χ2n) is 6.47. The second-order valence-corrected chi connectivity index (χ2v) is 6.47. The number of benzene rings is 1. The van der Waals surface area contributed by atoms with E-state index in [-0.39, 0.29) is 6.10 Å². The molecule has 0 unspecified atom stereocenters. The maximum absolute atomic E-state index is 9.78. The van der Waals surface area contributed by atoms with E-state index in [0.717, 1.165) is 59.8 Å². The predicted octanol–water partition coefficient (Wildman–Crippen LogP) is 3.10. The zero-order valence-corrected chi connectivity index (χ0v) is 13.7. The van der Waals surface area contributed by atoms with Crippen LogP contribution in [0.5, 0.6) is 0 Å². The highest BCUT2D eigenvalue weighted by molar-refractivity contribution is 5.82. The molecule has 4 heterocycles. The van der Waals surface area contributed by atoms with Crippen molar-refractivity contribution in [2.75, 3.05) is 18.0 Å². The maximum Gasteiger partial charge on any atom is 0.157 e. The Morgan fingerprint density at radius 2 is 1.92 bits per heavy atom. The molecule has 1 saturated heterocycles. The van der Waals surface area contributed by atoms with Crippen molar-refractivity contribution in [2.45, 2.75) is 18.9 Å². The van der Waals surface area contributed by atoms with E-state index in [1.165, 1.54) is 0 Å². The third kappa shape index (κ3) is 2.37. The van der Waals surface area contributed by atoms with Gasteiger partial charge in [-0.2, -0.15) is 0 Å². The summed E-state index contributed by atoms with van der Waals surface area (Å²) < 4.78 is 8.13. The fourth-order valence-corrected chi connectivity index (χ4v) is 3.53. The van der Waals surface area contributed by atoms with E-state index in [4.69, 9.17) is 4.42 Å². The minimum Gasteiger partial charge on any atom is -0.454 e. The third-order valence-corrected chi connectivity index (χ3v) is 4.86. The van der Waals surface area contributed by atoms with Gasteiger partial charge in [-0.05, 0) is 25.0 Å². The summed E-state index contributed by atoms with van der Waals surface area (Å²) in [6.45, 7) is 1.61. The third-order valence-electron chi connectivity index (χ3n) is 4.86. The van der Waals surface area contributed by atoms with E-state index >= 15 is 0 Å². The van der Waals surface area contributed by atoms with Crippen LogP contribution in [0.1, 0.15) is 12.8 Å². The normalized spacial score (nSPS) is 16.1. The highest BCUT2D eigenvalue weighted by atomic mass is 16.3. The summed E-state index contributed by atoms with van der Waals surface area (Å²) in [5, 5.41) is 10.9. The topological polar surface area (TPSA) is 66.8 Å². The Bertz CT molecular complexity index is 1010. The lowest BCUT2D eigenvalue weighted by molar-refractivity contribution is 0.145. The lowest BCUT2D eigenvalue weighted by Crippen LogP contribution is -2.36. The number of anilines is 1. The molecule has 126 valence electrons. The average molecular weight is 334 g/mol. The summed E-state index contributed by atoms with van der Waals surface area (Å²) >= 11 is 0. The molecule has 3 aromatic heterocycles. The van der Waals surface area contributed by atoms with Crippen molar-refractivity contribution in [2.24, 2.45) is 0 Å². The number of piperidine rings is 1. The Morgan fingerprint density at radius 1 is 1.08 bits per heavy atom. The Balaban J connectivity index is 1.66.